The molecule has 152 valence electrons. The number of aldehydes is 1. The Morgan fingerprint density at radius 3 is 2.50 bits per heavy atom. The molecule has 1 heterocycles. The van der Waals surface area contributed by atoms with E-state index in [1.54, 1.807) is 36.4 Å². The molecule has 4 aromatic rings. The average molecular weight is 405 g/mol. The Kier molecular flexibility index (Phi) is 5.08. The molecule has 0 atom stereocenters. The normalized spacial score (nSPS) is 11.6. The van der Waals surface area contributed by atoms with Gasteiger partial charge in [-0.25, -0.2) is 13.8 Å². The first-order valence-electron chi connectivity index (χ1n) is 9.60. The quantitative estimate of drug-likeness (QED) is 0.397. The molecule has 0 bridgehead atoms. The summed E-state index contributed by atoms with van der Waals surface area (Å²) < 4.78 is 30.2. The van der Waals surface area contributed by atoms with Gasteiger partial charge in [-0.15, -0.1) is 0 Å². The zero-order chi connectivity index (χ0) is 21.3. The molecule has 0 amide bonds. The van der Waals surface area contributed by atoms with Crippen LogP contribution >= 0.6 is 0 Å². The lowest BCUT2D eigenvalue weighted by molar-refractivity contribution is 0.0165. The molecule has 0 aliphatic heterocycles. The smallest absolute Gasteiger partial charge is 0.270 e. The Balaban J connectivity index is 1.83. The number of carbonyl (C=O) groups is 1. The molecule has 0 saturated carbocycles. The molecule has 0 aliphatic rings. The van der Waals surface area contributed by atoms with Crippen LogP contribution in [0, 0.1) is 6.92 Å². The predicted octanol–water partition coefficient (Wildman–Crippen LogP) is 6.06. The minimum atomic E-state index is -2.96. The molecule has 1 aromatic heterocycles. The summed E-state index contributed by atoms with van der Waals surface area (Å²) in [6, 6.07) is 19.5. The summed E-state index contributed by atoms with van der Waals surface area (Å²) in [6.07, 6.45) is 0.762. The van der Waals surface area contributed by atoms with Crippen molar-refractivity contribution in [1.29, 1.82) is 0 Å². The molecule has 0 fully saturated rings. The molecule has 0 saturated heterocycles. The molecule has 4 nitrogen and oxygen atoms in total. The van der Waals surface area contributed by atoms with Crippen LogP contribution in [0.2, 0.25) is 0 Å². The number of halogens is 2. The molecular formula is C24H21F2N3O. The highest BCUT2D eigenvalue weighted by atomic mass is 19.3. The number of carbonyl (C=O) groups excluding carboxylic acids is 1. The monoisotopic (exact) mass is 405 g/mol. The Morgan fingerprint density at radius 2 is 1.80 bits per heavy atom. The largest absolute Gasteiger partial charge is 0.326 e. The van der Waals surface area contributed by atoms with Gasteiger partial charge >= 0.3 is 0 Å². The van der Waals surface area contributed by atoms with Gasteiger partial charge in [0.15, 0.2) is 0 Å². The van der Waals surface area contributed by atoms with E-state index < -0.39 is 5.92 Å². The van der Waals surface area contributed by atoms with Crippen LogP contribution < -0.4 is 5.32 Å². The number of nitrogens with one attached hydrogen (secondary N) is 1. The summed E-state index contributed by atoms with van der Waals surface area (Å²) in [5, 5.41) is 3.28. The second kappa shape index (κ2) is 7.71. The molecule has 1 N–H and O–H groups in total. The van der Waals surface area contributed by atoms with E-state index in [4.69, 9.17) is 0 Å². The number of fused-ring (bicyclic) bond motifs is 1. The van der Waals surface area contributed by atoms with Crippen molar-refractivity contribution >= 4 is 29.0 Å². The van der Waals surface area contributed by atoms with E-state index >= 15 is 0 Å². The van der Waals surface area contributed by atoms with Crippen LogP contribution in [0.15, 0.2) is 66.7 Å². The first-order chi connectivity index (χ1) is 14.3. The molecule has 0 spiro atoms. The van der Waals surface area contributed by atoms with Gasteiger partial charge in [0.25, 0.3) is 5.92 Å². The van der Waals surface area contributed by atoms with E-state index in [0.29, 0.717) is 22.6 Å². The van der Waals surface area contributed by atoms with Crippen molar-refractivity contribution in [3.05, 3.63) is 89.0 Å². The Bertz CT molecular complexity index is 1210. The van der Waals surface area contributed by atoms with Crippen LogP contribution in [-0.4, -0.2) is 15.8 Å². The van der Waals surface area contributed by atoms with E-state index in [1.807, 2.05) is 35.8 Å². The summed E-state index contributed by atoms with van der Waals surface area (Å²) in [7, 11) is 0. The molecule has 4 rings (SSSR count). The number of nitrogens with zero attached hydrogens (tertiary/aromatic N) is 2. The second-order valence-corrected chi connectivity index (χ2v) is 7.42. The zero-order valence-electron chi connectivity index (χ0n) is 16.7. The fourth-order valence-electron chi connectivity index (χ4n) is 3.50. The van der Waals surface area contributed by atoms with Crippen molar-refractivity contribution in [3.8, 4) is 0 Å². The van der Waals surface area contributed by atoms with Crippen molar-refractivity contribution in [2.75, 3.05) is 5.32 Å². The van der Waals surface area contributed by atoms with Gasteiger partial charge in [-0.3, -0.25) is 4.79 Å². The Morgan fingerprint density at radius 1 is 1.07 bits per heavy atom. The summed E-state index contributed by atoms with van der Waals surface area (Å²) in [5.41, 5.74) is 4.34. The lowest BCUT2D eigenvalue weighted by Gasteiger charge is -2.18. The second-order valence-electron chi connectivity index (χ2n) is 7.42. The topological polar surface area (TPSA) is 46.9 Å². The maximum atomic E-state index is 14.2. The standard InChI is InChI=1S/C24H21F2N3O/c1-16-7-10-19(11-8-16)27-23-28-21-13-17(15-30)9-12-22(21)29(23)14-18-5-3-4-6-20(18)24(2,25)26/h3-13,15H,14H2,1-2H3,(H,27,28). The number of hydrogen-bond acceptors (Lipinski definition) is 3. The lowest BCUT2D eigenvalue weighted by atomic mass is 10.0. The molecule has 0 radical (unpaired) electrons. The molecular weight excluding hydrogens is 384 g/mol. The maximum Gasteiger partial charge on any atom is 0.270 e. The van der Waals surface area contributed by atoms with Gasteiger partial charge in [0, 0.05) is 23.7 Å². The number of rotatable bonds is 6. The number of aromatic nitrogens is 2. The zero-order valence-corrected chi connectivity index (χ0v) is 16.7. The van der Waals surface area contributed by atoms with Crippen LogP contribution in [0.25, 0.3) is 11.0 Å². The summed E-state index contributed by atoms with van der Waals surface area (Å²) in [6.45, 7) is 3.12. The summed E-state index contributed by atoms with van der Waals surface area (Å²) in [5.74, 6) is -2.44. The van der Waals surface area contributed by atoms with Crippen molar-refractivity contribution in [1.82, 2.24) is 9.55 Å². The molecule has 0 unspecified atom stereocenters. The Labute approximate surface area is 173 Å². The first kappa shape index (κ1) is 19.8. The van der Waals surface area contributed by atoms with Gasteiger partial charge in [0.2, 0.25) is 5.95 Å². The highest BCUT2D eigenvalue weighted by Gasteiger charge is 2.27. The number of benzene rings is 3. The van der Waals surface area contributed by atoms with Gasteiger partial charge in [0.05, 0.1) is 17.6 Å². The van der Waals surface area contributed by atoms with Gasteiger partial charge in [-0.05, 0) is 42.8 Å². The van der Waals surface area contributed by atoms with Crippen molar-refractivity contribution in [3.63, 3.8) is 0 Å². The third kappa shape index (κ3) is 3.94. The highest BCUT2D eigenvalue weighted by Crippen LogP contribution is 2.32. The Hall–Kier alpha value is -3.54. The third-order valence-electron chi connectivity index (χ3n) is 5.03. The van der Waals surface area contributed by atoms with Crippen molar-refractivity contribution in [2.45, 2.75) is 26.3 Å². The van der Waals surface area contributed by atoms with Crippen LogP contribution in [0.4, 0.5) is 20.4 Å². The lowest BCUT2D eigenvalue weighted by Crippen LogP contribution is -2.13. The van der Waals surface area contributed by atoms with Gasteiger partial charge in [-0.1, -0.05) is 42.0 Å². The summed E-state index contributed by atoms with van der Waals surface area (Å²) >= 11 is 0. The fraction of sp³-hybridized carbons (Fsp3) is 0.167. The van der Waals surface area contributed by atoms with Gasteiger partial charge < -0.3 is 9.88 Å². The minimum absolute atomic E-state index is 0.0161. The minimum Gasteiger partial charge on any atom is -0.326 e. The van der Waals surface area contributed by atoms with E-state index in [9.17, 15) is 13.6 Å². The van der Waals surface area contributed by atoms with Crippen LogP contribution in [0.5, 0.6) is 0 Å². The fourth-order valence-corrected chi connectivity index (χ4v) is 3.50. The van der Waals surface area contributed by atoms with E-state index in [0.717, 1.165) is 30.0 Å². The number of aryl methyl sites for hydroxylation is 1. The number of anilines is 2. The molecule has 30 heavy (non-hydrogen) atoms. The van der Waals surface area contributed by atoms with E-state index in [-0.39, 0.29) is 12.1 Å². The highest BCUT2D eigenvalue weighted by molar-refractivity contribution is 5.87. The van der Waals surface area contributed by atoms with Crippen LogP contribution in [-0.2, 0) is 12.5 Å². The third-order valence-corrected chi connectivity index (χ3v) is 5.03. The number of alkyl halides is 2. The van der Waals surface area contributed by atoms with Crippen molar-refractivity contribution in [2.24, 2.45) is 0 Å². The van der Waals surface area contributed by atoms with Crippen LogP contribution in [0.1, 0.15) is 34.0 Å². The predicted molar refractivity (Wildman–Crippen MR) is 115 cm³/mol. The van der Waals surface area contributed by atoms with Gasteiger partial charge in [-0.2, -0.15) is 0 Å². The van der Waals surface area contributed by atoms with E-state index in [2.05, 4.69) is 10.3 Å². The average Bonchev–Trinajstić information content (AvgIpc) is 3.05. The first-order valence-corrected chi connectivity index (χ1v) is 9.60. The number of hydrogen-bond donors (Lipinski definition) is 1. The van der Waals surface area contributed by atoms with E-state index in [1.165, 1.54) is 6.07 Å². The SMILES string of the molecule is Cc1ccc(Nc2nc3cc(C=O)ccc3n2Cc2ccccc2C(C)(F)F)cc1. The van der Waals surface area contributed by atoms with Crippen molar-refractivity contribution < 1.29 is 13.6 Å². The van der Waals surface area contributed by atoms with Crippen LogP contribution in [0.3, 0.4) is 0 Å². The number of imidazole rings is 1. The maximum absolute atomic E-state index is 14.2. The molecule has 3 aromatic carbocycles. The summed E-state index contributed by atoms with van der Waals surface area (Å²) in [4.78, 5) is 15.8. The molecule has 0 aliphatic carbocycles. The van der Waals surface area contributed by atoms with Gasteiger partial charge in [0.1, 0.15) is 6.29 Å². The molecule has 6 heteroatoms.